The van der Waals surface area contributed by atoms with Crippen molar-refractivity contribution in [1.29, 1.82) is 0 Å². The minimum absolute atomic E-state index is 0.107. The van der Waals surface area contributed by atoms with Gasteiger partial charge in [-0.2, -0.15) is 0 Å². The first-order valence-corrected chi connectivity index (χ1v) is 9.23. The van der Waals surface area contributed by atoms with Gasteiger partial charge in [0.25, 0.3) is 0 Å². The maximum atomic E-state index is 12.9. The molecule has 0 heterocycles. The molecule has 6 heteroatoms. The van der Waals surface area contributed by atoms with Gasteiger partial charge in [0.1, 0.15) is 0 Å². The number of carbonyl (C=O) groups excluding carboxylic acids is 1. The van der Waals surface area contributed by atoms with Gasteiger partial charge in [0.05, 0.1) is 33.4 Å². The molecule has 1 fully saturated rings. The Hall–Kier alpha value is -2.73. The average Bonchev–Trinajstić information content (AvgIpc) is 3.48. The number of carbonyl (C=O) groups is 1. The normalized spacial score (nSPS) is 20.4. The second kappa shape index (κ2) is 8.10. The van der Waals surface area contributed by atoms with Crippen LogP contribution >= 0.6 is 0 Å². The summed E-state index contributed by atoms with van der Waals surface area (Å²) in [5, 5.41) is 13.0. The molecule has 0 radical (unpaired) electrons. The number of benzene rings is 2. The first kappa shape index (κ1) is 20.0. The van der Waals surface area contributed by atoms with Gasteiger partial charge >= 0.3 is 0 Å². The third kappa shape index (κ3) is 3.64. The summed E-state index contributed by atoms with van der Waals surface area (Å²) in [6.45, 7) is 2.24. The molecular weight excluding hydrogens is 358 g/mol. The summed E-state index contributed by atoms with van der Waals surface area (Å²) in [6, 6.07) is 11.7. The molecule has 0 saturated heterocycles. The summed E-state index contributed by atoms with van der Waals surface area (Å²) in [5.74, 6) is 1.33. The minimum Gasteiger partial charge on any atom is -0.493 e. The molecule has 3 rings (SSSR count). The number of nitrogens with one attached hydrogen (secondary N) is 1. The van der Waals surface area contributed by atoms with Gasteiger partial charge in [0.2, 0.25) is 11.7 Å². The lowest BCUT2D eigenvalue weighted by Crippen LogP contribution is -2.35. The Morgan fingerprint density at radius 1 is 1.11 bits per heavy atom. The van der Waals surface area contributed by atoms with E-state index in [1.54, 1.807) is 21.3 Å². The van der Waals surface area contributed by atoms with Crippen molar-refractivity contribution in [3.05, 3.63) is 53.1 Å². The largest absolute Gasteiger partial charge is 0.493 e. The van der Waals surface area contributed by atoms with Crippen molar-refractivity contribution in [2.75, 3.05) is 27.9 Å². The maximum Gasteiger partial charge on any atom is 0.229 e. The number of amides is 1. The van der Waals surface area contributed by atoms with E-state index in [1.807, 2.05) is 43.3 Å². The first-order chi connectivity index (χ1) is 13.5. The summed E-state index contributed by atoms with van der Waals surface area (Å²) in [4.78, 5) is 12.9. The molecule has 2 N–H and O–H groups in total. The predicted molar refractivity (Wildman–Crippen MR) is 106 cm³/mol. The topological polar surface area (TPSA) is 77.0 Å². The van der Waals surface area contributed by atoms with Gasteiger partial charge in [-0.1, -0.05) is 29.8 Å². The van der Waals surface area contributed by atoms with Gasteiger partial charge in [0, 0.05) is 12.5 Å². The molecule has 2 atom stereocenters. The van der Waals surface area contributed by atoms with Crippen molar-refractivity contribution in [2.24, 2.45) is 5.41 Å². The highest BCUT2D eigenvalue weighted by Gasteiger charge is 2.60. The fourth-order valence-electron chi connectivity index (χ4n) is 3.61. The second-order valence-corrected chi connectivity index (χ2v) is 7.20. The van der Waals surface area contributed by atoms with Crippen LogP contribution in [-0.2, 0) is 11.3 Å². The smallest absolute Gasteiger partial charge is 0.229 e. The number of hydrogen-bond donors (Lipinski definition) is 2. The Kier molecular flexibility index (Phi) is 5.79. The Labute approximate surface area is 165 Å². The number of aliphatic hydroxyl groups excluding tert-OH is 1. The van der Waals surface area contributed by atoms with Crippen LogP contribution in [0.3, 0.4) is 0 Å². The molecule has 28 heavy (non-hydrogen) atoms. The van der Waals surface area contributed by atoms with Crippen molar-refractivity contribution in [3.63, 3.8) is 0 Å². The zero-order valence-corrected chi connectivity index (χ0v) is 16.7. The number of aryl methyl sites for hydroxylation is 1. The van der Waals surface area contributed by atoms with E-state index in [1.165, 1.54) is 5.56 Å². The molecule has 2 aromatic carbocycles. The number of ether oxygens (including phenoxy) is 3. The molecule has 0 aromatic heterocycles. The van der Waals surface area contributed by atoms with E-state index >= 15 is 0 Å². The highest BCUT2D eigenvalue weighted by molar-refractivity contribution is 5.87. The van der Waals surface area contributed by atoms with Crippen LogP contribution in [0, 0.1) is 12.3 Å². The summed E-state index contributed by atoms with van der Waals surface area (Å²) < 4.78 is 16.2. The molecule has 1 aliphatic carbocycles. The van der Waals surface area contributed by atoms with E-state index < -0.39 is 5.41 Å². The minimum atomic E-state index is -0.824. The summed E-state index contributed by atoms with van der Waals surface area (Å²) >= 11 is 0. The van der Waals surface area contributed by atoms with Crippen LogP contribution in [0.15, 0.2) is 36.4 Å². The van der Waals surface area contributed by atoms with Crippen LogP contribution in [0.2, 0.25) is 0 Å². The third-order valence-electron chi connectivity index (χ3n) is 5.47. The Bertz CT molecular complexity index is 824. The standard InChI is InChI=1S/C22H27NO5/c1-14-5-7-15(8-6-14)12-23-21(25)22(13-24)11-17(22)16-9-18(26-2)20(28-4)19(10-16)27-3/h5-10,17,24H,11-13H2,1-4H3,(H,23,25)/t17-,22-/m1/s1. The monoisotopic (exact) mass is 385 g/mol. The van der Waals surface area contributed by atoms with E-state index in [2.05, 4.69) is 5.32 Å². The Morgan fingerprint density at radius 3 is 2.21 bits per heavy atom. The van der Waals surface area contributed by atoms with Crippen molar-refractivity contribution < 1.29 is 24.1 Å². The van der Waals surface area contributed by atoms with E-state index in [4.69, 9.17) is 14.2 Å². The maximum absolute atomic E-state index is 12.9. The summed E-state index contributed by atoms with van der Waals surface area (Å²) in [7, 11) is 4.66. The van der Waals surface area contributed by atoms with E-state index in [0.29, 0.717) is 30.2 Å². The molecule has 6 nitrogen and oxygen atoms in total. The SMILES string of the molecule is COc1cc([C@H]2C[C@]2(CO)C(=O)NCc2ccc(C)cc2)cc(OC)c1OC. The quantitative estimate of drug-likeness (QED) is 0.731. The lowest BCUT2D eigenvalue weighted by atomic mass is 9.98. The van der Waals surface area contributed by atoms with Gasteiger partial charge in [0.15, 0.2) is 11.5 Å². The van der Waals surface area contributed by atoms with Crippen LogP contribution in [0.1, 0.15) is 29.0 Å². The van der Waals surface area contributed by atoms with Crippen molar-refractivity contribution >= 4 is 5.91 Å². The highest BCUT2D eigenvalue weighted by Crippen LogP contribution is 2.60. The van der Waals surface area contributed by atoms with Crippen LogP contribution in [0.4, 0.5) is 0 Å². The van der Waals surface area contributed by atoms with Crippen LogP contribution in [0.5, 0.6) is 17.2 Å². The molecule has 2 aromatic rings. The molecule has 0 unspecified atom stereocenters. The van der Waals surface area contributed by atoms with Crippen molar-refractivity contribution in [1.82, 2.24) is 5.32 Å². The number of rotatable bonds is 8. The highest BCUT2D eigenvalue weighted by atomic mass is 16.5. The van der Waals surface area contributed by atoms with Gasteiger partial charge < -0.3 is 24.6 Å². The zero-order valence-electron chi connectivity index (χ0n) is 16.7. The average molecular weight is 385 g/mol. The van der Waals surface area contributed by atoms with Gasteiger partial charge in [-0.25, -0.2) is 0 Å². The third-order valence-corrected chi connectivity index (χ3v) is 5.47. The van der Waals surface area contributed by atoms with Gasteiger partial charge in [-0.05, 0) is 36.6 Å². The Morgan fingerprint density at radius 2 is 1.71 bits per heavy atom. The van der Waals surface area contributed by atoms with Gasteiger partial charge in [-0.15, -0.1) is 0 Å². The summed E-state index contributed by atoms with van der Waals surface area (Å²) in [6.07, 6.45) is 0.571. The van der Waals surface area contributed by atoms with Crippen LogP contribution in [0.25, 0.3) is 0 Å². The fourth-order valence-corrected chi connectivity index (χ4v) is 3.61. The van der Waals surface area contributed by atoms with Crippen LogP contribution in [-0.4, -0.2) is 38.9 Å². The van der Waals surface area contributed by atoms with E-state index in [0.717, 1.165) is 11.1 Å². The number of methoxy groups -OCH3 is 3. The number of aliphatic hydroxyl groups is 1. The van der Waals surface area contributed by atoms with E-state index in [9.17, 15) is 9.90 Å². The zero-order chi connectivity index (χ0) is 20.3. The lowest BCUT2D eigenvalue weighted by Gasteiger charge is -2.17. The second-order valence-electron chi connectivity index (χ2n) is 7.20. The molecule has 1 amide bonds. The van der Waals surface area contributed by atoms with Crippen molar-refractivity contribution in [2.45, 2.75) is 25.8 Å². The molecule has 1 aliphatic rings. The summed E-state index contributed by atoms with van der Waals surface area (Å²) in [5.41, 5.74) is 2.26. The molecule has 1 saturated carbocycles. The molecule has 0 aliphatic heterocycles. The van der Waals surface area contributed by atoms with E-state index in [-0.39, 0.29) is 18.4 Å². The molecule has 150 valence electrons. The van der Waals surface area contributed by atoms with Crippen molar-refractivity contribution in [3.8, 4) is 17.2 Å². The first-order valence-electron chi connectivity index (χ1n) is 9.23. The molecule has 0 spiro atoms. The molecular formula is C22H27NO5. The predicted octanol–water partition coefficient (Wildman–Crippen LogP) is 2.80. The molecule has 0 bridgehead atoms. The Balaban J connectivity index is 1.77. The number of hydrogen-bond acceptors (Lipinski definition) is 5. The van der Waals surface area contributed by atoms with Gasteiger partial charge in [-0.3, -0.25) is 4.79 Å². The fraction of sp³-hybridized carbons (Fsp3) is 0.409. The van der Waals surface area contributed by atoms with Crippen LogP contribution < -0.4 is 19.5 Å². The lowest BCUT2D eigenvalue weighted by molar-refractivity contribution is -0.128.